The van der Waals surface area contributed by atoms with Gasteiger partial charge >= 0.3 is 0 Å². The number of nitrogens with zero attached hydrogens (tertiary/aromatic N) is 3. The Morgan fingerprint density at radius 3 is 2.48 bits per heavy atom. The fourth-order valence-electron chi connectivity index (χ4n) is 3.59. The number of thioether (sulfide) groups is 1. The van der Waals surface area contributed by atoms with Crippen molar-refractivity contribution in [1.82, 2.24) is 4.90 Å². The van der Waals surface area contributed by atoms with Gasteiger partial charge in [0, 0.05) is 17.8 Å². The van der Waals surface area contributed by atoms with Gasteiger partial charge in [0.05, 0.1) is 15.9 Å². The summed E-state index contributed by atoms with van der Waals surface area (Å²) in [7, 11) is 0. The molecule has 0 aliphatic carbocycles. The zero-order valence-corrected chi connectivity index (χ0v) is 18.3. The number of hydrogen-bond acceptors (Lipinski definition) is 6. The van der Waals surface area contributed by atoms with Crippen LogP contribution in [-0.2, 0) is 9.59 Å². The Labute approximate surface area is 188 Å². The van der Waals surface area contributed by atoms with Gasteiger partial charge in [-0.05, 0) is 43.2 Å². The largest absolute Gasteiger partial charge is 0.300 e. The smallest absolute Gasteiger partial charge is 0.275 e. The Hall–Kier alpha value is -3.30. The van der Waals surface area contributed by atoms with Crippen LogP contribution in [0.15, 0.2) is 70.8 Å². The second-order valence-corrected chi connectivity index (χ2v) is 8.76. The van der Waals surface area contributed by atoms with Crippen LogP contribution in [0, 0.1) is 10.1 Å². The Kier molecular flexibility index (Phi) is 5.47. The van der Waals surface area contributed by atoms with E-state index in [0.29, 0.717) is 10.5 Å². The summed E-state index contributed by atoms with van der Waals surface area (Å²) in [5, 5.41) is 11.0. The maximum Gasteiger partial charge on any atom is 0.275 e. The van der Waals surface area contributed by atoms with Gasteiger partial charge in [0.25, 0.3) is 17.5 Å². The van der Waals surface area contributed by atoms with E-state index in [1.54, 1.807) is 23.1 Å². The Morgan fingerprint density at radius 2 is 1.81 bits per heavy atom. The minimum atomic E-state index is -0.493. The summed E-state index contributed by atoms with van der Waals surface area (Å²) in [5.41, 5.74) is 2.20. The first-order valence-electron chi connectivity index (χ1n) is 9.41. The second kappa shape index (κ2) is 8.09. The number of para-hydroxylation sites is 1. The number of thiocarbonyl (C=S) groups is 1. The zero-order valence-electron chi connectivity index (χ0n) is 16.6. The van der Waals surface area contributed by atoms with Crippen molar-refractivity contribution in [3.8, 4) is 0 Å². The van der Waals surface area contributed by atoms with E-state index in [1.165, 1.54) is 17.0 Å². The van der Waals surface area contributed by atoms with Crippen molar-refractivity contribution < 1.29 is 14.5 Å². The molecule has 2 aliphatic heterocycles. The number of carbonyl (C=O) groups is 2. The van der Waals surface area contributed by atoms with Gasteiger partial charge < -0.3 is 4.90 Å². The molecule has 4 rings (SSSR count). The van der Waals surface area contributed by atoms with Crippen LogP contribution < -0.4 is 4.90 Å². The minimum Gasteiger partial charge on any atom is -0.300 e. The van der Waals surface area contributed by atoms with Crippen molar-refractivity contribution in [1.29, 1.82) is 0 Å². The third-order valence-corrected chi connectivity index (χ3v) is 6.54. The Morgan fingerprint density at radius 1 is 1.10 bits per heavy atom. The van der Waals surface area contributed by atoms with Gasteiger partial charge in [-0.2, -0.15) is 0 Å². The molecular weight excluding hydrogens is 434 g/mol. The minimum absolute atomic E-state index is 0.0684. The lowest BCUT2D eigenvalue weighted by molar-refractivity contribution is -0.384. The van der Waals surface area contributed by atoms with E-state index in [4.69, 9.17) is 12.2 Å². The molecule has 0 aromatic heterocycles. The van der Waals surface area contributed by atoms with Gasteiger partial charge in [-0.1, -0.05) is 54.3 Å². The average Bonchev–Trinajstić information content (AvgIpc) is 3.14. The highest BCUT2D eigenvalue weighted by atomic mass is 32.2. The monoisotopic (exact) mass is 451 g/mol. The summed E-state index contributed by atoms with van der Waals surface area (Å²) in [6, 6.07) is 15.0. The highest BCUT2D eigenvalue weighted by molar-refractivity contribution is 8.26. The van der Waals surface area contributed by atoms with Gasteiger partial charge in [0.2, 0.25) is 0 Å². The molecule has 1 saturated heterocycles. The molecule has 9 heteroatoms. The van der Waals surface area contributed by atoms with Crippen molar-refractivity contribution in [3.05, 3.63) is 86.5 Å². The van der Waals surface area contributed by atoms with Crippen molar-refractivity contribution in [2.45, 2.75) is 19.9 Å². The molecule has 0 bridgehead atoms. The van der Waals surface area contributed by atoms with E-state index in [0.717, 1.165) is 23.0 Å². The SMILES string of the molecule is CC1=C(N2C(=O)/C(=C\c3cccc([N+](=O)[O-])c3)SC2=S)C(=O)N(c2ccccc2)[C@@H]1C. The third-order valence-electron chi connectivity index (χ3n) is 5.24. The predicted molar refractivity (Wildman–Crippen MR) is 124 cm³/mol. The Bertz CT molecular complexity index is 1190. The molecule has 7 nitrogen and oxygen atoms in total. The lowest BCUT2D eigenvalue weighted by atomic mass is 10.1. The van der Waals surface area contributed by atoms with E-state index in [-0.39, 0.29) is 27.7 Å². The summed E-state index contributed by atoms with van der Waals surface area (Å²) in [5.74, 6) is -0.699. The molecule has 1 fully saturated rings. The van der Waals surface area contributed by atoms with Gasteiger partial charge in [0.1, 0.15) is 5.70 Å². The van der Waals surface area contributed by atoms with Crippen LogP contribution in [-0.4, -0.2) is 32.0 Å². The van der Waals surface area contributed by atoms with E-state index in [2.05, 4.69) is 0 Å². The number of rotatable bonds is 4. The van der Waals surface area contributed by atoms with E-state index < -0.39 is 10.8 Å². The predicted octanol–water partition coefficient (Wildman–Crippen LogP) is 4.51. The number of hydrogen-bond donors (Lipinski definition) is 0. The zero-order chi connectivity index (χ0) is 22.3. The normalized spacial score (nSPS) is 20.4. The summed E-state index contributed by atoms with van der Waals surface area (Å²) in [4.78, 5) is 40.2. The van der Waals surface area contributed by atoms with Crippen LogP contribution >= 0.6 is 24.0 Å². The standard InChI is InChI=1S/C22H17N3O4S2/c1-13-14(2)23(16-8-4-3-5-9-16)21(27)19(13)24-20(26)18(31-22(24)30)12-15-7-6-10-17(11-15)25(28)29/h3-12,14H,1-2H3/b18-12+/t14-/m1/s1. The van der Waals surface area contributed by atoms with Crippen molar-refractivity contribution in [2.24, 2.45) is 0 Å². The summed E-state index contributed by atoms with van der Waals surface area (Å²) in [6.07, 6.45) is 1.56. The fourth-order valence-corrected chi connectivity index (χ4v) is 4.86. The molecule has 2 aromatic carbocycles. The van der Waals surface area contributed by atoms with Crippen molar-refractivity contribution in [3.63, 3.8) is 0 Å². The molecule has 0 spiro atoms. The topological polar surface area (TPSA) is 83.8 Å². The quantitative estimate of drug-likeness (QED) is 0.294. The van der Waals surface area contributed by atoms with Gasteiger partial charge in [-0.15, -0.1) is 0 Å². The molecule has 2 amide bonds. The molecule has 0 radical (unpaired) electrons. The van der Waals surface area contributed by atoms with Crippen LogP contribution in [0.3, 0.4) is 0 Å². The molecular formula is C22H17N3O4S2. The molecule has 2 aromatic rings. The second-order valence-electron chi connectivity index (χ2n) is 7.09. The lowest BCUT2D eigenvalue weighted by Gasteiger charge is -2.23. The summed E-state index contributed by atoms with van der Waals surface area (Å²) in [6.45, 7) is 3.73. The first-order valence-corrected chi connectivity index (χ1v) is 10.6. The van der Waals surface area contributed by atoms with Crippen LogP contribution in [0.1, 0.15) is 19.4 Å². The molecule has 1 atom stereocenters. The maximum absolute atomic E-state index is 13.3. The molecule has 31 heavy (non-hydrogen) atoms. The molecule has 0 unspecified atom stereocenters. The highest BCUT2D eigenvalue weighted by Crippen LogP contribution is 2.40. The van der Waals surface area contributed by atoms with Crippen molar-refractivity contribution >= 4 is 57.6 Å². The molecule has 0 saturated carbocycles. The molecule has 2 heterocycles. The van der Waals surface area contributed by atoms with Crippen molar-refractivity contribution in [2.75, 3.05) is 4.90 Å². The number of non-ortho nitro benzene ring substituents is 1. The van der Waals surface area contributed by atoms with Crippen LogP contribution in [0.25, 0.3) is 6.08 Å². The number of benzene rings is 2. The fraction of sp³-hybridized carbons (Fsp3) is 0.136. The van der Waals surface area contributed by atoms with E-state index >= 15 is 0 Å². The summed E-state index contributed by atoms with van der Waals surface area (Å²) < 4.78 is 0.256. The van der Waals surface area contributed by atoms with Gasteiger partial charge in [-0.25, -0.2) is 0 Å². The van der Waals surface area contributed by atoms with E-state index in [1.807, 2.05) is 44.2 Å². The highest BCUT2D eigenvalue weighted by Gasteiger charge is 2.45. The number of anilines is 1. The number of nitro benzene ring substituents is 1. The van der Waals surface area contributed by atoms with E-state index in [9.17, 15) is 19.7 Å². The van der Waals surface area contributed by atoms with Crippen LogP contribution in [0.5, 0.6) is 0 Å². The number of amides is 2. The lowest BCUT2D eigenvalue weighted by Crippen LogP contribution is -2.37. The average molecular weight is 452 g/mol. The van der Waals surface area contributed by atoms with Crippen LogP contribution in [0.4, 0.5) is 11.4 Å². The Balaban J connectivity index is 1.67. The first-order chi connectivity index (χ1) is 14.8. The van der Waals surface area contributed by atoms with Gasteiger partial charge in [-0.3, -0.25) is 24.6 Å². The first kappa shape index (κ1) is 21.0. The number of carbonyl (C=O) groups excluding carboxylic acids is 2. The summed E-state index contributed by atoms with van der Waals surface area (Å²) >= 11 is 6.50. The number of nitro groups is 1. The van der Waals surface area contributed by atoms with Crippen LogP contribution in [0.2, 0.25) is 0 Å². The molecule has 2 aliphatic rings. The molecule has 156 valence electrons. The third kappa shape index (κ3) is 3.66. The maximum atomic E-state index is 13.3. The molecule has 0 N–H and O–H groups in total. The van der Waals surface area contributed by atoms with Gasteiger partial charge in [0.15, 0.2) is 4.32 Å².